The summed E-state index contributed by atoms with van der Waals surface area (Å²) in [6.45, 7) is 5.80. The van der Waals surface area contributed by atoms with Crippen molar-refractivity contribution in [3.05, 3.63) is 46.6 Å². The van der Waals surface area contributed by atoms with Crippen molar-refractivity contribution < 1.29 is 8.60 Å². The van der Waals surface area contributed by atoms with Gasteiger partial charge in [0.05, 0.1) is 21.5 Å². The second-order valence-electron chi connectivity index (χ2n) is 5.27. The number of anilines is 1. The summed E-state index contributed by atoms with van der Waals surface area (Å²) in [7, 11) is -1.68. The predicted molar refractivity (Wildman–Crippen MR) is 105 cm³/mol. The van der Waals surface area contributed by atoms with Crippen LogP contribution >= 0.6 is 11.6 Å². The van der Waals surface area contributed by atoms with Crippen LogP contribution in [-0.2, 0) is 17.4 Å². The van der Waals surface area contributed by atoms with Gasteiger partial charge in [-0.25, -0.2) is 18.6 Å². The fraction of sp³-hybridized carbons (Fsp3) is 0.278. The van der Waals surface area contributed by atoms with Crippen LogP contribution in [0.15, 0.2) is 29.4 Å². The lowest BCUT2D eigenvalue weighted by atomic mass is 10.1. The Hall–Kier alpha value is -2.50. The molecular weight excluding hydrogens is 389 g/mol. The van der Waals surface area contributed by atoms with E-state index in [2.05, 4.69) is 25.7 Å². The van der Waals surface area contributed by atoms with Gasteiger partial charge >= 0.3 is 0 Å². The molecule has 2 N–H and O–H groups in total. The van der Waals surface area contributed by atoms with Crippen molar-refractivity contribution in [1.29, 1.82) is 5.26 Å². The predicted octanol–water partition coefficient (Wildman–Crippen LogP) is 4.68. The third kappa shape index (κ3) is 4.62. The van der Waals surface area contributed by atoms with Crippen LogP contribution in [-0.4, -0.2) is 19.2 Å². The Balaban J connectivity index is 0.00000126. The van der Waals surface area contributed by atoms with Crippen molar-refractivity contribution in [3.8, 4) is 6.07 Å². The molecular formula is C18H19ClFN5OS. The molecule has 0 spiro atoms. The average Bonchev–Trinajstić information content (AvgIpc) is 3.10. The first-order chi connectivity index (χ1) is 13.0. The van der Waals surface area contributed by atoms with E-state index in [0.29, 0.717) is 28.8 Å². The molecule has 3 rings (SSSR count). The number of aryl methyl sites for hydroxylation is 2. The summed E-state index contributed by atoms with van der Waals surface area (Å²) < 4.78 is 29.2. The molecule has 1 aromatic carbocycles. The van der Waals surface area contributed by atoms with Crippen LogP contribution in [0.1, 0.15) is 31.5 Å². The number of aromatic amines is 1. The summed E-state index contributed by atoms with van der Waals surface area (Å²) in [5.74, 6) is -0.392. The Morgan fingerprint density at radius 1 is 1.41 bits per heavy atom. The Morgan fingerprint density at radius 2 is 2.15 bits per heavy atom. The number of rotatable bonds is 5. The Kier molecular flexibility index (Phi) is 7.28. The molecule has 0 aliphatic rings. The largest absolute Gasteiger partial charge is 0.357 e. The van der Waals surface area contributed by atoms with Crippen LogP contribution in [0.4, 0.5) is 10.3 Å². The summed E-state index contributed by atoms with van der Waals surface area (Å²) >= 11 is 5.75. The highest BCUT2D eigenvalue weighted by molar-refractivity contribution is 7.86. The lowest BCUT2D eigenvalue weighted by molar-refractivity contribution is 0.638. The normalized spacial score (nSPS) is 11.4. The fourth-order valence-corrected chi connectivity index (χ4v) is 3.45. The number of nitriles is 1. The van der Waals surface area contributed by atoms with Crippen LogP contribution in [0.25, 0.3) is 10.9 Å². The quantitative estimate of drug-likeness (QED) is 0.642. The maximum absolute atomic E-state index is 14.0. The second kappa shape index (κ2) is 9.44. The fourth-order valence-electron chi connectivity index (χ4n) is 2.38. The molecule has 0 amide bonds. The summed E-state index contributed by atoms with van der Waals surface area (Å²) in [5.41, 5.74) is 1.77. The maximum Gasteiger partial charge on any atom is 0.235 e. The summed E-state index contributed by atoms with van der Waals surface area (Å²) in [4.78, 5) is 11.5. The first-order valence-corrected chi connectivity index (χ1v) is 9.87. The highest BCUT2D eigenvalue weighted by Crippen LogP contribution is 2.28. The third-order valence-electron chi connectivity index (χ3n) is 3.68. The number of hydrogen-bond acceptors (Lipinski definition) is 4. The smallest absolute Gasteiger partial charge is 0.235 e. The number of hydrogen-bond donors (Lipinski definition) is 2. The van der Waals surface area contributed by atoms with E-state index < -0.39 is 16.8 Å². The minimum atomic E-state index is -1.68. The minimum absolute atomic E-state index is 0.00782. The summed E-state index contributed by atoms with van der Waals surface area (Å²) in [5, 5.41) is 9.10. The lowest BCUT2D eigenvalue weighted by Gasteiger charge is -2.07. The van der Waals surface area contributed by atoms with E-state index in [1.165, 1.54) is 12.3 Å². The number of nitrogens with one attached hydrogen (secondary N) is 2. The van der Waals surface area contributed by atoms with Crippen molar-refractivity contribution in [1.82, 2.24) is 15.0 Å². The zero-order valence-corrected chi connectivity index (χ0v) is 16.7. The van der Waals surface area contributed by atoms with Gasteiger partial charge in [0, 0.05) is 29.9 Å². The van der Waals surface area contributed by atoms with Gasteiger partial charge in [0.25, 0.3) is 0 Å². The van der Waals surface area contributed by atoms with Crippen LogP contribution in [0, 0.1) is 24.1 Å². The van der Waals surface area contributed by atoms with E-state index >= 15 is 0 Å². The molecule has 1 unspecified atom stereocenters. The lowest BCUT2D eigenvalue weighted by Crippen LogP contribution is -2.09. The highest BCUT2D eigenvalue weighted by atomic mass is 35.5. The molecule has 0 bridgehead atoms. The molecule has 2 heterocycles. The number of halogens is 2. The van der Waals surface area contributed by atoms with Crippen LogP contribution in [0.3, 0.4) is 0 Å². The molecule has 9 heteroatoms. The van der Waals surface area contributed by atoms with E-state index in [1.807, 2.05) is 13.8 Å². The van der Waals surface area contributed by atoms with Crippen molar-refractivity contribution in [2.45, 2.75) is 38.5 Å². The summed E-state index contributed by atoms with van der Waals surface area (Å²) in [6.07, 6.45) is 4.01. The molecule has 6 nitrogen and oxygen atoms in total. The molecule has 2 aromatic heterocycles. The zero-order chi connectivity index (χ0) is 20.0. The maximum atomic E-state index is 14.0. The molecule has 0 saturated heterocycles. The van der Waals surface area contributed by atoms with Gasteiger partial charge in [-0.05, 0) is 31.0 Å². The van der Waals surface area contributed by atoms with Crippen molar-refractivity contribution >= 4 is 39.4 Å². The molecule has 1 atom stereocenters. The van der Waals surface area contributed by atoms with E-state index in [-0.39, 0.29) is 16.5 Å². The average molecular weight is 408 g/mol. The summed E-state index contributed by atoms with van der Waals surface area (Å²) in [6, 6.07) is 5.09. The third-order valence-corrected chi connectivity index (χ3v) is 5.08. The minimum Gasteiger partial charge on any atom is -0.357 e. The second-order valence-corrected chi connectivity index (χ2v) is 6.86. The van der Waals surface area contributed by atoms with Crippen molar-refractivity contribution in [2.75, 3.05) is 4.72 Å². The van der Waals surface area contributed by atoms with Gasteiger partial charge in [0.2, 0.25) is 5.95 Å². The van der Waals surface area contributed by atoms with Gasteiger partial charge in [0.15, 0.2) is 16.8 Å². The number of fused-ring (bicyclic) bond motifs is 1. The first-order valence-electron chi connectivity index (χ1n) is 8.34. The van der Waals surface area contributed by atoms with Gasteiger partial charge in [-0.2, -0.15) is 5.26 Å². The van der Waals surface area contributed by atoms with E-state index in [0.717, 1.165) is 5.56 Å². The first kappa shape index (κ1) is 20.8. The topological polar surface area (TPSA) is 94.5 Å². The molecule has 0 saturated carbocycles. The standard InChI is InChI=1S/C16H13ClFN5OS.C2H6/c1-9-10(3-2-6-19)7-21-16(22-9)23-25(24)13-8-20-15-11(13)4-5-12(17)14(15)18;1-2/h4-5,7-8,20H,2-3H2,1H3,(H,21,22,23);1-2H3. The zero-order valence-electron chi connectivity index (χ0n) is 15.1. The highest BCUT2D eigenvalue weighted by Gasteiger charge is 2.16. The number of H-pyrrole nitrogens is 1. The van der Waals surface area contributed by atoms with Crippen LogP contribution in [0.2, 0.25) is 5.02 Å². The molecule has 3 aromatic rings. The molecule has 0 aliphatic heterocycles. The molecule has 0 aliphatic carbocycles. The van der Waals surface area contributed by atoms with Gasteiger partial charge in [-0.3, -0.25) is 4.72 Å². The molecule has 0 fully saturated rings. The van der Waals surface area contributed by atoms with E-state index in [1.54, 1.807) is 19.2 Å². The van der Waals surface area contributed by atoms with Crippen molar-refractivity contribution in [3.63, 3.8) is 0 Å². The Morgan fingerprint density at radius 3 is 2.81 bits per heavy atom. The van der Waals surface area contributed by atoms with Crippen molar-refractivity contribution in [2.24, 2.45) is 0 Å². The van der Waals surface area contributed by atoms with E-state index in [9.17, 15) is 8.60 Å². The monoisotopic (exact) mass is 407 g/mol. The van der Waals surface area contributed by atoms with Gasteiger partial charge < -0.3 is 4.98 Å². The van der Waals surface area contributed by atoms with Gasteiger partial charge in [0.1, 0.15) is 0 Å². The van der Waals surface area contributed by atoms with Gasteiger partial charge in [-0.1, -0.05) is 25.4 Å². The van der Waals surface area contributed by atoms with Crippen LogP contribution in [0.5, 0.6) is 0 Å². The Bertz CT molecular complexity index is 1010. The number of nitrogens with zero attached hydrogens (tertiary/aromatic N) is 3. The number of benzene rings is 1. The van der Waals surface area contributed by atoms with E-state index in [4.69, 9.17) is 16.9 Å². The Labute approximate surface area is 164 Å². The SMILES string of the molecule is CC.Cc1nc(NS(=O)c2c[nH]c3c(F)c(Cl)ccc23)ncc1CCC#N. The number of aromatic nitrogens is 3. The molecule has 27 heavy (non-hydrogen) atoms. The molecule has 142 valence electrons. The van der Waals surface area contributed by atoms with Crippen LogP contribution < -0.4 is 4.72 Å². The molecule has 0 radical (unpaired) electrons. The van der Waals surface area contributed by atoms with Gasteiger partial charge in [-0.15, -0.1) is 0 Å².